The first-order valence-corrected chi connectivity index (χ1v) is 11.1. The summed E-state index contributed by atoms with van der Waals surface area (Å²) in [7, 11) is 0. The molecule has 1 saturated carbocycles. The number of ether oxygens (including phenoxy) is 3. The van der Waals surface area contributed by atoms with Crippen LogP contribution in [0.2, 0.25) is 0 Å². The van der Waals surface area contributed by atoms with Crippen LogP contribution >= 0.6 is 0 Å². The van der Waals surface area contributed by atoms with Crippen LogP contribution in [-0.4, -0.2) is 47.4 Å². The van der Waals surface area contributed by atoms with E-state index < -0.39 is 41.1 Å². The Balaban J connectivity index is 1.99. The highest BCUT2D eigenvalue weighted by atomic mass is 16.6. The summed E-state index contributed by atoms with van der Waals surface area (Å²) in [5.41, 5.74) is 0.0905. The number of carbonyl (C=O) groups is 3. The zero-order chi connectivity index (χ0) is 23.0. The molecule has 1 heterocycles. The summed E-state index contributed by atoms with van der Waals surface area (Å²) in [4.78, 5) is 35.3. The Kier molecular flexibility index (Phi) is 6.65. The quantitative estimate of drug-likeness (QED) is 0.403. The maximum atomic E-state index is 12.0. The van der Waals surface area contributed by atoms with Gasteiger partial charge in [0.2, 0.25) is 0 Å². The standard InChI is InChI=1S/C24H34O7/c1-14-7-6-8-20-23(5,12-19(30-16(3)25)18-10-22(27)29-13-18)15(2)9-21(31-17(4)26)24(20,28)11-14/h7,10,15,19-21,28H,6,8-9,11-13H2,1-5H3. The maximum Gasteiger partial charge on any atom is 0.331 e. The molecule has 1 N–H and O–H groups in total. The van der Waals surface area contributed by atoms with Crippen LogP contribution in [0.25, 0.3) is 0 Å². The van der Waals surface area contributed by atoms with Crippen LogP contribution in [0.1, 0.15) is 66.7 Å². The minimum atomic E-state index is -1.21. The highest BCUT2D eigenvalue weighted by molar-refractivity contribution is 5.85. The molecule has 31 heavy (non-hydrogen) atoms. The number of esters is 3. The zero-order valence-electron chi connectivity index (χ0n) is 19.1. The number of carbonyl (C=O) groups excluding carboxylic acids is 3. The van der Waals surface area contributed by atoms with Gasteiger partial charge >= 0.3 is 17.9 Å². The first-order valence-electron chi connectivity index (χ1n) is 11.1. The van der Waals surface area contributed by atoms with Gasteiger partial charge in [0, 0.05) is 31.9 Å². The van der Waals surface area contributed by atoms with Crippen molar-refractivity contribution < 1.29 is 33.7 Å². The lowest BCUT2D eigenvalue weighted by Gasteiger charge is -2.57. The second-order valence-electron chi connectivity index (χ2n) is 9.72. The molecule has 0 saturated heterocycles. The van der Waals surface area contributed by atoms with Crippen molar-refractivity contribution in [2.75, 3.05) is 6.61 Å². The van der Waals surface area contributed by atoms with Crippen LogP contribution in [0.15, 0.2) is 23.3 Å². The van der Waals surface area contributed by atoms with Crippen LogP contribution in [0.3, 0.4) is 0 Å². The second kappa shape index (κ2) is 8.77. The van der Waals surface area contributed by atoms with Gasteiger partial charge in [-0.2, -0.15) is 0 Å². The lowest BCUT2D eigenvalue weighted by molar-refractivity contribution is -0.218. The van der Waals surface area contributed by atoms with Gasteiger partial charge < -0.3 is 19.3 Å². The average Bonchev–Trinajstić information content (AvgIpc) is 3.01. The van der Waals surface area contributed by atoms with Gasteiger partial charge in [-0.1, -0.05) is 25.5 Å². The fourth-order valence-electron chi connectivity index (χ4n) is 5.88. The zero-order valence-corrected chi connectivity index (χ0v) is 19.1. The Morgan fingerprint density at radius 2 is 2.03 bits per heavy atom. The van der Waals surface area contributed by atoms with E-state index in [-0.39, 0.29) is 18.4 Å². The van der Waals surface area contributed by atoms with Crippen LogP contribution in [-0.2, 0) is 28.6 Å². The number of aliphatic hydroxyl groups is 1. The molecule has 0 bridgehead atoms. The van der Waals surface area contributed by atoms with E-state index in [0.717, 1.165) is 18.4 Å². The fourth-order valence-corrected chi connectivity index (χ4v) is 5.88. The van der Waals surface area contributed by atoms with Crippen LogP contribution < -0.4 is 0 Å². The van der Waals surface area contributed by atoms with Gasteiger partial charge in [0.25, 0.3) is 0 Å². The molecule has 6 atom stereocenters. The van der Waals surface area contributed by atoms with Crippen molar-refractivity contribution in [3.63, 3.8) is 0 Å². The molecule has 0 amide bonds. The van der Waals surface area contributed by atoms with Crippen molar-refractivity contribution in [3.05, 3.63) is 23.3 Å². The molecule has 7 nitrogen and oxygen atoms in total. The summed E-state index contributed by atoms with van der Waals surface area (Å²) in [5, 5.41) is 12.0. The third-order valence-electron chi connectivity index (χ3n) is 7.50. The van der Waals surface area contributed by atoms with Gasteiger partial charge in [-0.25, -0.2) is 4.79 Å². The van der Waals surface area contributed by atoms with Gasteiger partial charge in [0.05, 0.1) is 0 Å². The van der Waals surface area contributed by atoms with Crippen LogP contribution in [0.4, 0.5) is 0 Å². The minimum absolute atomic E-state index is 0.0808. The first-order chi connectivity index (χ1) is 14.5. The Hall–Kier alpha value is -2.15. The van der Waals surface area contributed by atoms with E-state index in [0.29, 0.717) is 24.8 Å². The predicted molar refractivity (Wildman–Crippen MR) is 113 cm³/mol. The summed E-state index contributed by atoms with van der Waals surface area (Å²) < 4.78 is 16.3. The van der Waals surface area contributed by atoms with Crippen molar-refractivity contribution in [2.45, 2.75) is 84.5 Å². The van der Waals surface area contributed by atoms with Crippen molar-refractivity contribution in [1.29, 1.82) is 0 Å². The highest BCUT2D eigenvalue weighted by Crippen LogP contribution is 2.58. The van der Waals surface area contributed by atoms with Gasteiger partial charge in [0.15, 0.2) is 0 Å². The molecule has 3 aliphatic rings. The van der Waals surface area contributed by atoms with E-state index in [4.69, 9.17) is 14.2 Å². The smallest absolute Gasteiger partial charge is 0.331 e. The lowest BCUT2D eigenvalue weighted by atomic mass is 9.51. The van der Waals surface area contributed by atoms with Gasteiger partial charge in [-0.05, 0) is 49.9 Å². The Bertz CT molecular complexity index is 813. The normalized spacial score (nSPS) is 36.3. The molecule has 172 valence electrons. The number of hydrogen-bond acceptors (Lipinski definition) is 7. The number of rotatable bonds is 5. The monoisotopic (exact) mass is 434 g/mol. The number of hydrogen-bond donors (Lipinski definition) is 1. The van der Waals surface area contributed by atoms with Gasteiger partial charge in [0.1, 0.15) is 24.4 Å². The van der Waals surface area contributed by atoms with Crippen LogP contribution in [0, 0.1) is 17.3 Å². The summed E-state index contributed by atoms with van der Waals surface area (Å²) in [6.45, 7) is 9.03. The molecule has 0 aromatic carbocycles. The highest BCUT2D eigenvalue weighted by Gasteiger charge is 2.60. The molecule has 0 aromatic heterocycles. The molecule has 1 fully saturated rings. The van der Waals surface area contributed by atoms with Crippen molar-refractivity contribution in [3.8, 4) is 0 Å². The van der Waals surface area contributed by atoms with Crippen molar-refractivity contribution in [1.82, 2.24) is 0 Å². The third kappa shape index (κ3) is 4.71. The SMILES string of the molecule is CC(=O)OC(CC1(C)C(C)CC(OC(C)=O)C2(O)CC(C)=CCCC12)C1=CC(=O)OC1. The second-order valence-corrected chi connectivity index (χ2v) is 9.72. The maximum absolute atomic E-state index is 12.0. The number of fused-ring (bicyclic) bond motifs is 1. The first kappa shape index (κ1) is 23.5. The molecule has 0 radical (unpaired) electrons. The lowest BCUT2D eigenvalue weighted by Crippen LogP contribution is -2.62. The van der Waals surface area contributed by atoms with E-state index >= 15 is 0 Å². The molecule has 0 aromatic rings. The summed E-state index contributed by atoms with van der Waals surface area (Å²) in [6, 6.07) is 0. The third-order valence-corrected chi connectivity index (χ3v) is 7.50. The van der Waals surface area contributed by atoms with Crippen molar-refractivity contribution in [2.24, 2.45) is 17.3 Å². The molecule has 2 aliphatic carbocycles. The van der Waals surface area contributed by atoms with E-state index in [1.165, 1.54) is 19.9 Å². The van der Waals surface area contributed by atoms with Crippen LogP contribution in [0.5, 0.6) is 0 Å². The molecular formula is C24H34O7. The molecule has 3 rings (SSSR count). The van der Waals surface area contributed by atoms with Gasteiger partial charge in [-0.3, -0.25) is 9.59 Å². The molecule has 1 aliphatic heterocycles. The topological polar surface area (TPSA) is 99.1 Å². The molecule has 0 spiro atoms. The Morgan fingerprint density at radius 3 is 2.61 bits per heavy atom. The van der Waals surface area contributed by atoms with E-state index in [2.05, 4.69) is 19.9 Å². The van der Waals surface area contributed by atoms with E-state index in [9.17, 15) is 19.5 Å². The number of cyclic esters (lactones) is 1. The molecule has 7 heteroatoms. The largest absolute Gasteiger partial charge is 0.459 e. The molecule has 6 unspecified atom stereocenters. The summed E-state index contributed by atoms with van der Waals surface area (Å²) in [6.07, 6.45) is 5.28. The predicted octanol–water partition coefficient (Wildman–Crippen LogP) is 3.25. The minimum Gasteiger partial charge on any atom is -0.459 e. The Labute approximate surface area is 183 Å². The fraction of sp³-hybridized carbons (Fsp3) is 0.708. The summed E-state index contributed by atoms with van der Waals surface area (Å²) >= 11 is 0. The average molecular weight is 435 g/mol. The Morgan fingerprint density at radius 1 is 1.32 bits per heavy atom. The summed E-state index contributed by atoms with van der Waals surface area (Å²) in [5.74, 6) is -1.36. The molecular weight excluding hydrogens is 400 g/mol. The van der Waals surface area contributed by atoms with Crippen molar-refractivity contribution >= 4 is 17.9 Å². The van der Waals surface area contributed by atoms with Gasteiger partial charge in [-0.15, -0.1) is 0 Å². The van der Waals surface area contributed by atoms with E-state index in [1.807, 2.05) is 6.92 Å². The van der Waals surface area contributed by atoms with E-state index in [1.54, 1.807) is 0 Å². The number of allylic oxidation sites excluding steroid dienone is 1.